The molecule has 4 aromatic heterocycles. The Morgan fingerprint density at radius 2 is 0.275 bits per heavy atom. The molecule has 0 bridgehead atoms. The molecule has 0 amide bonds. The third-order valence-electron chi connectivity index (χ3n) is 23.9. The molecule has 0 spiro atoms. The van der Waals surface area contributed by atoms with Crippen LogP contribution in [0, 0.1) is 194 Å². The molecule has 708 valence electrons. The average molecular weight is 1910 g/mol. The molecule has 4 heterocycles. The Labute approximate surface area is 840 Å². The van der Waals surface area contributed by atoms with Crippen LogP contribution in [0.5, 0.6) is 0 Å². The Bertz CT molecular complexity index is 5720. The quantitative estimate of drug-likeness (QED) is 0.105. The molecular weight excluding hydrogens is 1790 g/mol. The van der Waals surface area contributed by atoms with Gasteiger partial charge in [-0.3, -0.25) is 19.9 Å². The van der Waals surface area contributed by atoms with E-state index in [4.69, 9.17) is 0 Å². The van der Waals surface area contributed by atoms with E-state index in [9.17, 15) is 39.6 Å². The Balaban J connectivity index is 0.000000227. The number of carboxylic acid groups (broad SMARTS) is 4. The van der Waals surface area contributed by atoms with Crippen LogP contribution in [-0.2, 0) is 34.1 Å². The van der Waals surface area contributed by atoms with Crippen molar-refractivity contribution in [3.8, 4) is 89.0 Å². The van der Waals surface area contributed by atoms with Gasteiger partial charge in [-0.05, 0) is 420 Å². The van der Waals surface area contributed by atoms with E-state index in [1.54, 1.807) is 24.8 Å². The fourth-order valence-electron chi connectivity index (χ4n) is 19.4. The van der Waals surface area contributed by atoms with Crippen LogP contribution in [0.2, 0.25) is 0 Å². The number of carbonyl (C=O) groups is 4. The second-order valence-electron chi connectivity index (χ2n) is 36.1. The van der Waals surface area contributed by atoms with Crippen molar-refractivity contribution in [3.63, 3.8) is 0 Å². The normalized spacial score (nSPS) is 10.3. The summed E-state index contributed by atoms with van der Waals surface area (Å²) >= 11 is 0. The molecule has 0 aliphatic carbocycles. The molecule has 0 N–H and O–H groups in total. The summed E-state index contributed by atoms with van der Waals surface area (Å²) in [6, 6.07) is 79.8. The fourth-order valence-corrected chi connectivity index (χ4v) is 19.4. The van der Waals surface area contributed by atoms with E-state index in [0.29, 0.717) is 0 Å². The van der Waals surface area contributed by atoms with Crippen molar-refractivity contribution in [2.24, 2.45) is 0 Å². The molecular formula is C124H128Fe2N4O8. The van der Waals surface area contributed by atoms with E-state index in [-0.39, 0.29) is 56.4 Å². The molecule has 16 aromatic rings. The van der Waals surface area contributed by atoms with Crippen LogP contribution in [0.3, 0.4) is 0 Å². The molecule has 0 unspecified atom stereocenters. The maximum absolute atomic E-state index is 12.3. The van der Waals surface area contributed by atoms with Crippen molar-refractivity contribution in [1.29, 1.82) is 0 Å². The van der Waals surface area contributed by atoms with Gasteiger partial charge in [0.1, 0.15) is 0 Å². The Morgan fingerprint density at radius 1 is 0.167 bits per heavy atom. The van der Waals surface area contributed by atoms with Crippen molar-refractivity contribution in [1.82, 2.24) is 19.9 Å². The van der Waals surface area contributed by atoms with Crippen LogP contribution in [0.15, 0.2) is 267 Å². The summed E-state index contributed by atoms with van der Waals surface area (Å²) in [6.45, 7) is 56.8. The molecule has 0 fully saturated rings. The first kappa shape index (κ1) is 111. The predicted molar refractivity (Wildman–Crippen MR) is 556 cm³/mol. The van der Waals surface area contributed by atoms with Gasteiger partial charge in [0, 0.05) is 69.8 Å². The van der Waals surface area contributed by atoms with Gasteiger partial charge in [0.25, 0.3) is 0 Å². The van der Waals surface area contributed by atoms with E-state index in [1.165, 1.54) is 44.5 Å². The number of carbonyl (C=O) groups excluding carboxylic acids is 4. The number of carboxylic acids is 4. The van der Waals surface area contributed by atoms with Gasteiger partial charge >= 0.3 is 34.1 Å². The molecule has 0 radical (unpaired) electrons. The van der Waals surface area contributed by atoms with Gasteiger partial charge in [-0.2, -0.15) is 0 Å². The van der Waals surface area contributed by atoms with Gasteiger partial charge in [0.05, 0.1) is 23.9 Å². The van der Waals surface area contributed by atoms with Gasteiger partial charge in [-0.1, -0.05) is 239 Å². The van der Waals surface area contributed by atoms with Crippen LogP contribution in [-0.4, -0.2) is 43.8 Å². The van der Waals surface area contributed by atoms with Crippen molar-refractivity contribution in [2.45, 2.75) is 194 Å². The number of hydrogen-bond donors (Lipinski definition) is 0. The Kier molecular flexibility index (Phi) is 40.9. The summed E-state index contributed by atoms with van der Waals surface area (Å²) in [6.07, 6.45) is 7.15. The number of aromatic nitrogens is 4. The molecule has 0 saturated carbocycles. The monoisotopic (exact) mass is 1910 g/mol. The Morgan fingerprint density at radius 3 is 0.348 bits per heavy atom. The summed E-state index contributed by atoms with van der Waals surface area (Å²) in [4.78, 5) is 64.9. The largest absolute Gasteiger partial charge is 2.00 e. The maximum Gasteiger partial charge on any atom is 2.00 e. The molecule has 14 heteroatoms. The first-order valence-electron chi connectivity index (χ1n) is 45.9. The van der Waals surface area contributed by atoms with Crippen LogP contribution in [0.4, 0.5) is 0 Å². The van der Waals surface area contributed by atoms with E-state index < -0.39 is 23.9 Å². The summed E-state index contributed by atoms with van der Waals surface area (Å²) in [5, 5.41) is 49.0. The van der Waals surface area contributed by atoms with Gasteiger partial charge in [0.15, 0.2) is 0 Å². The predicted octanol–water partition coefficient (Wildman–Crippen LogP) is 26.5. The summed E-state index contributed by atoms with van der Waals surface area (Å²) in [5.74, 6) is -4.56. The van der Waals surface area contributed by atoms with Gasteiger partial charge < -0.3 is 39.6 Å². The zero-order valence-electron chi connectivity index (χ0n) is 85.2. The molecule has 0 atom stereocenters. The third kappa shape index (κ3) is 28.7. The van der Waals surface area contributed by atoms with Crippen LogP contribution < -0.4 is 20.4 Å². The molecule has 0 saturated heterocycles. The van der Waals surface area contributed by atoms with Crippen LogP contribution in [0.25, 0.3) is 89.0 Å². The minimum Gasteiger partial charge on any atom is -0.545 e. The smallest absolute Gasteiger partial charge is 0.545 e. The molecule has 12 nitrogen and oxygen atoms in total. The van der Waals surface area contributed by atoms with Gasteiger partial charge in [-0.25, -0.2) is 0 Å². The maximum atomic E-state index is 12.3. The zero-order valence-corrected chi connectivity index (χ0v) is 87.4. The number of pyridine rings is 4. The van der Waals surface area contributed by atoms with E-state index >= 15 is 0 Å². The fraction of sp³-hybridized carbons (Fsp3) is 0.226. The second kappa shape index (κ2) is 50.8. The number of aryl methyl sites for hydroxylation is 28. The minimum absolute atomic E-state index is 0. The van der Waals surface area contributed by atoms with Crippen LogP contribution >= 0.6 is 0 Å². The summed E-state index contributed by atoms with van der Waals surface area (Å²) in [7, 11) is 0. The van der Waals surface area contributed by atoms with E-state index in [2.05, 4.69) is 172 Å². The topological polar surface area (TPSA) is 212 Å². The van der Waals surface area contributed by atoms with E-state index in [1.807, 2.05) is 284 Å². The first-order chi connectivity index (χ1) is 64.4. The van der Waals surface area contributed by atoms with Crippen molar-refractivity contribution < 1.29 is 73.7 Å². The summed E-state index contributed by atoms with van der Waals surface area (Å²) < 4.78 is 0. The standard InChI is InChI=1S/4C25H26O2.4C6H7N.2Fe/c4*1-14-10-16(3)22(17(4)11-14)20-8-7-9-21(24(20)25(26)27)23-18(5)12-15(2)13-19(23)6;4*1-6-4-2-3-5-7-6;;/h4*7-13H,1-6H3,(H,26,27);4*2-5H,1H3;;/q;;;;;;;;2*+2/p-4. The zero-order chi connectivity index (χ0) is 100.0. The number of nitrogens with zero attached hydrogens (tertiary/aromatic N) is 4. The van der Waals surface area contributed by atoms with Gasteiger partial charge in [0.2, 0.25) is 0 Å². The SMILES string of the molecule is Cc1cc(C)c(-c2cccc(-c3c(C)cc(C)cc3C)c2C(=O)[O-])c(C)c1.Cc1cc(C)c(-c2cccc(-c3c(C)cc(C)cc3C)c2C(=O)[O-])c(C)c1.Cc1cc(C)c(-c2cccc(-c3c(C)cc(C)cc3C)c2C(=O)[O-])c(C)c1.Cc1cc(C)c(-c2cccc(-c3c(C)cc(C)cc3C)c2C(=O)[O-])c(C)c1.Cc1ccccn1.Cc1ccccn1.Cc1ccccn1.Cc1ccccn1.[Fe+2].[Fe+2]. The second-order valence-corrected chi connectivity index (χ2v) is 36.1. The average Bonchev–Trinajstić information content (AvgIpc) is 0.774. The first-order valence-corrected chi connectivity index (χ1v) is 45.9. The van der Waals surface area contributed by atoms with Crippen molar-refractivity contribution in [3.05, 3.63) is 446 Å². The molecule has 0 aliphatic heterocycles. The Hall–Kier alpha value is -13.8. The number of aromatic carboxylic acids is 4. The molecule has 138 heavy (non-hydrogen) atoms. The number of hydrogen-bond acceptors (Lipinski definition) is 12. The van der Waals surface area contributed by atoms with Gasteiger partial charge in [-0.15, -0.1) is 0 Å². The van der Waals surface area contributed by atoms with E-state index in [0.717, 1.165) is 201 Å². The number of rotatable bonds is 12. The summed E-state index contributed by atoms with van der Waals surface area (Å²) in [5.41, 5.74) is 45.5. The van der Waals surface area contributed by atoms with Crippen molar-refractivity contribution in [2.75, 3.05) is 0 Å². The number of benzene rings is 12. The molecule has 0 aliphatic rings. The molecule has 16 rings (SSSR count). The third-order valence-corrected chi connectivity index (χ3v) is 23.9. The van der Waals surface area contributed by atoms with Crippen LogP contribution in [0.1, 0.15) is 198 Å². The minimum atomic E-state index is -1.14. The van der Waals surface area contributed by atoms with Crippen molar-refractivity contribution >= 4 is 23.9 Å². The molecule has 12 aromatic carbocycles.